The summed E-state index contributed by atoms with van der Waals surface area (Å²) in [5, 5.41) is 19.3. The van der Waals surface area contributed by atoms with Crippen LogP contribution >= 0.6 is 0 Å². The highest BCUT2D eigenvalue weighted by atomic mass is 16.5. The lowest BCUT2D eigenvalue weighted by molar-refractivity contribution is -0.140. The molecule has 0 radical (unpaired) electrons. The van der Waals surface area contributed by atoms with E-state index in [0.29, 0.717) is 6.42 Å². The number of aliphatic hydroxyl groups excluding tert-OH is 2. The number of ether oxygens (including phenoxy) is 1. The van der Waals surface area contributed by atoms with Crippen LogP contribution in [-0.4, -0.2) is 35.1 Å². The maximum Gasteiger partial charge on any atom is 0.120 e. The Morgan fingerprint density at radius 2 is 2.17 bits per heavy atom. The molecule has 70 valence electrons. The number of aliphatic hydroxyl groups is 2. The Hall–Kier alpha value is -0.380. The van der Waals surface area contributed by atoms with E-state index in [9.17, 15) is 10.2 Å². The van der Waals surface area contributed by atoms with Gasteiger partial charge >= 0.3 is 0 Å². The van der Waals surface area contributed by atoms with E-state index in [2.05, 4.69) is 0 Å². The predicted molar refractivity (Wildman–Crippen MR) is 45.8 cm³/mol. The molecule has 3 nitrogen and oxygen atoms in total. The fraction of sp³-hybridized carbons (Fsp3) is 0.778. The normalized spacial score (nSPS) is 42.7. The molecule has 3 unspecified atom stereocenters. The zero-order chi connectivity index (χ0) is 9.19. The molecule has 0 amide bonds. The number of hydrogen-bond donors (Lipinski definition) is 2. The van der Waals surface area contributed by atoms with E-state index < -0.39 is 17.8 Å². The Kier molecular flexibility index (Phi) is 2.88. The zero-order valence-corrected chi connectivity index (χ0v) is 7.53. The number of allylic oxidation sites excluding steroid dienone is 1. The monoisotopic (exact) mass is 172 g/mol. The van der Waals surface area contributed by atoms with Gasteiger partial charge in [-0.2, -0.15) is 0 Å². The molecule has 3 atom stereocenters. The van der Waals surface area contributed by atoms with E-state index in [0.717, 1.165) is 6.42 Å². The highest BCUT2D eigenvalue weighted by Gasteiger charge is 2.39. The average molecular weight is 172 g/mol. The minimum absolute atomic E-state index is 0.604. The van der Waals surface area contributed by atoms with Gasteiger partial charge in [0.15, 0.2) is 0 Å². The summed E-state index contributed by atoms with van der Waals surface area (Å²) >= 11 is 0. The fourth-order valence-electron chi connectivity index (χ4n) is 1.41. The minimum atomic E-state index is -0.854. The third-order valence-electron chi connectivity index (χ3n) is 2.61. The Morgan fingerprint density at radius 1 is 1.50 bits per heavy atom. The number of methoxy groups -OCH3 is 1. The van der Waals surface area contributed by atoms with Gasteiger partial charge in [0, 0.05) is 7.11 Å². The van der Waals surface area contributed by atoms with Gasteiger partial charge in [-0.1, -0.05) is 12.2 Å². The topological polar surface area (TPSA) is 49.7 Å². The quantitative estimate of drug-likeness (QED) is 0.565. The van der Waals surface area contributed by atoms with Crippen molar-refractivity contribution >= 4 is 0 Å². The van der Waals surface area contributed by atoms with Crippen LogP contribution in [0.2, 0.25) is 0 Å². The van der Waals surface area contributed by atoms with Gasteiger partial charge in [0.2, 0.25) is 0 Å². The van der Waals surface area contributed by atoms with Gasteiger partial charge in [-0.25, -0.2) is 0 Å². The molecule has 0 aliphatic heterocycles. The van der Waals surface area contributed by atoms with Crippen LogP contribution < -0.4 is 0 Å². The molecule has 0 saturated heterocycles. The Bertz CT molecular complexity index is 179. The molecule has 0 heterocycles. The highest BCUT2D eigenvalue weighted by Crippen LogP contribution is 2.26. The van der Waals surface area contributed by atoms with Crippen molar-refractivity contribution in [2.45, 2.75) is 37.6 Å². The fourth-order valence-corrected chi connectivity index (χ4v) is 1.41. The van der Waals surface area contributed by atoms with E-state index >= 15 is 0 Å². The largest absolute Gasteiger partial charge is 0.390 e. The average Bonchev–Trinajstić information content (AvgIpc) is 2.19. The lowest BCUT2D eigenvalue weighted by atomic mass is 9.91. The first kappa shape index (κ1) is 9.71. The third-order valence-corrected chi connectivity index (χ3v) is 2.61. The molecule has 12 heavy (non-hydrogen) atoms. The highest BCUT2D eigenvalue weighted by molar-refractivity contribution is 5.06. The number of rotatable bonds is 1. The van der Waals surface area contributed by atoms with E-state index in [4.69, 9.17) is 4.74 Å². The van der Waals surface area contributed by atoms with Gasteiger partial charge < -0.3 is 14.9 Å². The maximum absolute atomic E-state index is 9.65. The first-order valence-electron chi connectivity index (χ1n) is 4.19. The van der Waals surface area contributed by atoms with Gasteiger partial charge in [0.05, 0.1) is 6.10 Å². The molecule has 0 spiro atoms. The van der Waals surface area contributed by atoms with Crippen LogP contribution in [0.1, 0.15) is 19.8 Å². The minimum Gasteiger partial charge on any atom is -0.390 e. The lowest BCUT2D eigenvalue weighted by Crippen LogP contribution is -2.49. The van der Waals surface area contributed by atoms with Crippen molar-refractivity contribution in [1.82, 2.24) is 0 Å². The van der Waals surface area contributed by atoms with Gasteiger partial charge in [-0.3, -0.25) is 0 Å². The molecule has 1 aliphatic rings. The Morgan fingerprint density at radius 3 is 2.75 bits per heavy atom. The molecule has 0 fully saturated rings. The summed E-state index contributed by atoms with van der Waals surface area (Å²) in [6.07, 6.45) is 3.65. The predicted octanol–water partition coefficient (Wildman–Crippen LogP) is 0.463. The van der Waals surface area contributed by atoms with Crippen molar-refractivity contribution in [1.29, 1.82) is 0 Å². The van der Waals surface area contributed by atoms with E-state index in [1.54, 1.807) is 13.0 Å². The molecule has 0 aromatic heterocycles. The summed E-state index contributed by atoms with van der Waals surface area (Å²) in [6.45, 7) is 1.72. The van der Waals surface area contributed by atoms with Crippen LogP contribution in [0.25, 0.3) is 0 Å². The molecule has 1 rings (SSSR count). The van der Waals surface area contributed by atoms with Gasteiger partial charge in [0.25, 0.3) is 0 Å². The lowest BCUT2D eigenvalue weighted by Gasteiger charge is -2.34. The second kappa shape index (κ2) is 3.56. The maximum atomic E-state index is 9.65. The summed E-state index contributed by atoms with van der Waals surface area (Å²) in [5.41, 5.74) is -0.854. The van der Waals surface area contributed by atoms with Crippen molar-refractivity contribution in [3.8, 4) is 0 Å². The van der Waals surface area contributed by atoms with Crippen LogP contribution in [0.15, 0.2) is 12.2 Å². The van der Waals surface area contributed by atoms with Crippen molar-refractivity contribution in [3.63, 3.8) is 0 Å². The van der Waals surface area contributed by atoms with Gasteiger partial charge in [-0.05, 0) is 19.8 Å². The summed E-state index contributed by atoms with van der Waals surface area (Å²) < 4.78 is 5.13. The van der Waals surface area contributed by atoms with Gasteiger partial charge in [-0.15, -0.1) is 0 Å². The molecule has 0 aromatic rings. The second-order valence-electron chi connectivity index (χ2n) is 3.35. The summed E-state index contributed by atoms with van der Waals surface area (Å²) in [4.78, 5) is 0. The Labute approximate surface area is 72.7 Å². The molecular weight excluding hydrogens is 156 g/mol. The number of hydrogen-bond acceptors (Lipinski definition) is 3. The third kappa shape index (κ3) is 1.53. The first-order valence-corrected chi connectivity index (χ1v) is 4.19. The van der Waals surface area contributed by atoms with Crippen LogP contribution in [-0.2, 0) is 4.74 Å². The van der Waals surface area contributed by atoms with Crippen molar-refractivity contribution in [2.24, 2.45) is 0 Å². The Balaban J connectivity index is 2.83. The van der Waals surface area contributed by atoms with Gasteiger partial charge in [0.1, 0.15) is 11.7 Å². The summed E-state index contributed by atoms with van der Waals surface area (Å²) in [5.74, 6) is 0. The molecule has 0 saturated carbocycles. The van der Waals surface area contributed by atoms with Crippen LogP contribution in [0, 0.1) is 0 Å². The molecular formula is C9H16O3. The van der Waals surface area contributed by atoms with E-state index in [-0.39, 0.29) is 0 Å². The standard InChI is InChI=1S/C9H16O3/c1-9(12-2)7(10)5-3-4-6-8(9)11/h3,5,7-8,10-11H,4,6H2,1-2H3. The molecule has 3 heteroatoms. The second-order valence-corrected chi connectivity index (χ2v) is 3.35. The molecule has 2 N–H and O–H groups in total. The van der Waals surface area contributed by atoms with Crippen molar-refractivity contribution in [3.05, 3.63) is 12.2 Å². The van der Waals surface area contributed by atoms with E-state index in [1.807, 2.05) is 6.08 Å². The van der Waals surface area contributed by atoms with Crippen LogP contribution in [0.5, 0.6) is 0 Å². The van der Waals surface area contributed by atoms with Crippen LogP contribution in [0.4, 0.5) is 0 Å². The first-order chi connectivity index (χ1) is 5.61. The summed E-state index contributed by atoms with van der Waals surface area (Å²) in [7, 11) is 1.51. The molecule has 1 aliphatic carbocycles. The van der Waals surface area contributed by atoms with E-state index in [1.165, 1.54) is 7.11 Å². The zero-order valence-electron chi connectivity index (χ0n) is 7.53. The summed E-state index contributed by atoms with van der Waals surface area (Å²) in [6, 6.07) is 0. The smallest absolute Gasteiger partial charge is 0.120 e. The SMILES string of the molecule is COC1(C)C(O)C=CCCC1O. The molecule has 0 aromatic carbocycles. The van der Waals surface area contributed by atoms with Crippen molar-refractivity contribution < 1.29 is 14.9 Å². The molecule has 0 bridgehead atoms. The van der Waals surface area contributed by atoms with Crippen LogP contribution in [0.3, 0.4) is 0 Å². The van der Waals surface area contributed by atoms with Crippen molar-refractivity contribution in [2.75, 3.05) is 7.11 Å².